The first-order valence-electron chi connectivity index (χ1n) is 8.66. The molecule has 0 saturated carbocycles. The zero-order chi connectivity index (χ0) is 18.0. The Balaban J connectivity index is 1.78. The van der Waals surface area contributed by atoms with E-state index in [1.807, 2.05) is 32.9 Å². The van der Waals surface area contributed by atoms with Crippen LogP contribution in [0.2, 0.25) is 0 Å². The van der Waals surface area contributed by atoms with Gasteiger partial charge in [-0.1, -0.05) is 18.2 Å². The molecule has 1 aliphatic rings. The van der Waals surface area contributed by atoms with Gasteiger partial charge in [0.05, 0.1) is 12.2 Å². The fourth-order valence-corrected chi connectivity index (χ4v) is 3.03. The Morgan fingerprint density at radius 2 is 2.04 bits per heavy atom. The van der Waals surface area contributed by atoms with Crippen LogP contribution in [0.3, 0.4) is 0 Å². The van der Waals surface area contributed by atoms with Crippen LogP contribution in [-0.2, 0) is 18.6 Å². The summed E-state index contributed by atoms with van der Waals surface area (Å²) in [6.07, 6.45) is 2.47. The van der Waals surface area contributed by atoms with Crippen molar-refractivity contribution in [2.75, 3.05) is 23.4 Å². The third-order valence-electron chi connectivity index (χ3n) is 4.57. The number of fused-ring (bicyclic) bond motifs is 1. The van der Waals surface area contributed by atoms with Gasteiger partial charge >= 0.3 is 0 Å². The van der Waals surface area contributed by atoms with Gasteiger partial charge in [-0.15, -0.1) is 0 Å². The molecule has 0 unspecified atom stereocenters. The summed E-state index contributed by atoms with van der Waals surface area (Å²) in [6.45, 7) is 7.24. The van der Waals surface area contributed by atoms with Gasteiger partial charge in [0.2, 0.25) is 0 Å². The molecule has 3 N–H and O–H groups in total. The average molecular weight is 342 g/mol. The molecule has 1 aromatic carbocycles. The zero-order valence-electron chi connectivity index (χ0n) is 15.0. The van der Waals surface area contributed by atoms with Gasteiger partial charge in [-0.3, -0.25) is 0 Å². The molecule has 3 rings (SSSR count). The van der Waals surface area contributed by atoms with Crippen molar-refractivity contribution in [3.8, 4) is 0 Å². The van der Waals surface area contributed by atoms with Crippen molar-refractivity contribution in [1.82, 2.24) is 9.97 Å². The number of hydrogen-bond donors (Lipinski definition) is 3. The summed E-state index contributed by atoms with van der Waals surface area (Å²) in [4.78, 5) is 10.8. The molecule has 1 aromatic heterocycles. The monoisotopic (exact) mass is 342 g/mol. The van der Waals surface area contributed by atoms with Crippen LogP contribution in [0, 0.1) is 0 Å². The van der Waals surface area contributed by atoms with Gasteiger partial charge < -0.3 is 20.4 Å². The lowest BCUT2D eigenvalue weighted by atomic mass is 9.91. The fourth-order valence-electron chi connectivity index (χ4n) is 3.03. The van der Waals surface area contributed by atoms with Crippen LogP contribution in [0.5, 0.6) is 0 Å². The Hall–Kier alpha value is -2.18. The first-order valence-corrected chi connectivity index (χ1v) is 8.66. The minimum absolute atomic E-state index is 0.0508. The summed E-state index contributed by atoms with van der Waals surface area (Å²) < 4.78 is 0. The van der Waals surface area contributed by atoms with Crippen molar-refractivity contribution in [3.05, 3.63) is 47.3 Å². The molecule has 0 aliphatic carbocycles. The largest absolute Gasteiger partial charge is 0.394 e. The molecule has 0 saturated heterocycles. The number of benzene rings is 1. The summed E-state index contributed by atoms with van der Waals surface area (Å²) in [5.74, 6) is 1.59. The fraction of sp³-hybridized carbons (Fsp3) is 0.474. The van der Waals surface area contributed by atoms with Crippen LogP contribution in [-0.4, -0.2) is 39.4 Å². The maximum absolute atomic E-state index is 10.2. The number of nitrogens with one attached hydrogen (secondary N) is 1. The van der Waals surface area contributed by atoms with Crippen molar-refractivity contribution in [3.63, 3.8) is 0 Å². The molecular weight excluding hydrogens is 316 g/mol. The van der Waals surface area contributed by atoms with E-state index < -0.39 is 5.60 Å². The predicted molar refractivity (Wildman–Crippen MR) is 98.6 cm³/mol. The number of aliphatic hydroxyl groups is 2. The molecule has 0 spiro atoms. The molecule has 134 valence electrons. The number of aromatic nitrogens is 2. The zero-order valence-corrected chi connectivity index (χ0v) is 15.0. The molecule has 2 aromatic rings. The summed E-state index contributed by atoms with van der Waals surface area (Å²) in [5.41, 5.74) is 2.68. The van der Waals surface area contributed by atoms with Gasteiger partial charge in [0.15, 0.2) is 0 Å². The Bertz CT molecular complexity index is 742. The molecule has 1 atom stereocenters. The topological polar surface area (TPSA) is 81.5 Å². The first-order chi connectivity index (χ1) is 11.9. The highest BCUT2D eigenvalue weighted by Gasteiger charge is 2.22. The lowest BCUT2D eigenvalue weighted by Crippen LogP contribution is -2.31. The maximum atomic E-state index is 10.2. The molecule has 6 nitrogen and oxygen atoms in total. The molecule has 0 bridgehead atoms. The second kappa shape index (κ2) is 6.98. The number of aliphatic hydroxyl groups excluding tert-OH is 1. The average Bonchev–Trinajstić information content (AvgIpc) is 2.60. The van der Waals surface area contributed by atoms with Crippen molar-refractivity contribution in [2.45, 2.75) is 45.4 Å². The summed E-state index contributed by atoms with van der Waals surface area (Å²) >= 11 is 0. The number of nitrogens with zero attached hydrogens (tertiary/aromatic N) is 3. The molecule has 2 heterocycles. The molecule has 1 aliphatic heterocycles. The normalized spacial score (nSPS) is 15.6. The molecular formula is C19H26N4O2. The van der Waals surface area contributed by atoms with Crippen LogP contribution >= 0.6 is 0 Å². The van der Waals surface area contributed by atoms with Crippen LogP contribution in [0.25, 0.3) is 0 Å². The minimum atomic E-state index is -0.817. The lowest BCUT2D eigenvalue weighted by Gasteiger charge is -2.31. The SMILES string of the molecule is C[C@H](CO)Nc1cc(N2CCc3cc(C(C)(C)O)ccc3C2)ncn1. The van der Waals surface area contributed by atoms with Gasteiger partial charge in [0.1, 0.15) is 18.0 Å². The highest BCUT2D eigenvalue weighted by molar-refractivity contribution is 5.51. The highest BCUT2D eigenvalue weighted by atomic mass is 16.3. The van der Waals surface area contributed by atoms with Crippen molar-refractivity contribution >= 4 is 11.6 Å². The van der Waals surface area contributed by atoms with E-state index in [0.29, 0.717) is 0 Å². The summed E-state index contributed by atoms with van der Waals surface area (Å²) in [7, 11) is 0. The van der Waals surface area contributed by atoms with Crippen molar-refractivity contribution < 1.29 is 10.2 Å². The van der Waals surface area contributed by atoms with Gasteiger partial charge in [-0.25, -0.2) is 9.97 Å². The predicted octanol–water partition coefficient (Wildman–Crippen LogP) is 2.06. The van der Waals surface area contributed by atoms with Crippen LogP contribution < -0.4 is 10.2 Å². The van der Waals surface area contributed by atoms with Gasteiger partial charge in [-0.2, -0.15) is 0 Å². The van der Waals surface area contributed by atoms with Gasteiger partial charge in [-0.05, 0) is 43.9 Å². The quantitative estimate of drug-likeness (QED) is 0.772. The van der Waals surface area contributed by atoms with Crippen LogP contribution in [0.4, 0.5) is 11.6 Å². The van der Waals surface area contributed by atoms with E-state index in [2.05, 4.69) is 32.3 Å². The second-order valence-electron chi connectivity index (χ2n) is 7.20. The van der Waals surface area contributed by atoms with Gasteiger partial charge in [0, 0.05) is 25.2 Å². The smallest absolute Gasteiger partial charge is 0.134 e. The molecule has 0 amide bonds. The number of anilines is 2. The van der Waals surface area contributed by atoms with Crippen molar-refractivity contribution in [1.29, 1.82) is 0 Å². The Morgan fingerprint density at radius 1 is 1.24 bits per heavy atom. The third kappa shape index (κ3) is 4.08. The maximum Gasteiger partial charge on any atom is 0.134 e. The lowest BCUT2D eigenvalue weighted by molar-refractivity contribution is 0.0785. The van der Waals surface area contributed by atoms with Gasteiger partial charge in [0.25, 0.3) is 0 Å². The Labute approximate surface area is 148 Å². The van der Waals surface area contributed by atoms with E-state index >= 15 is 0 Å². The molecule has 0 radical (unpaired) electrons. The van der Waals surface area contributed by atoms with Crippen molar-refractivity contribution in [2.24, 2.45) is 0 Å². The van der Waals surface area contributed by atoms with E-state index in [-0.39, 0.29) is 12.6 Å². The van der Waals surface area contributed by atoms with Crippen LogP contribution in [0.1, 0.15) is 37.5 Å². The first kappa shape index (κ1) is 17.6. The molecule has 0 fully saturated rings. The third-order valence-corrected chi connectivity index (χ3v) is 4.57. The summed E-state index contributed by atoms with van der Waals surface area (Å²) in [5, 5.41) is 22.5. The molecule has 6 heteroatoms. The second-order valence-corrected chi connectivity index (χ2v) is 7.20. The van der Waals surface area contributed by atoms with Crippen LogP contribution in [0.15, 0.2) is 30.6 Å². The van der Waals surface area contributed by atoms with E-state index in [9.17, 15) is 5.11 Å². The van der Waals surface area contributed by atoms with E-state index in [1.54, 1.807) is 6.33 Å². The number of hydrogen-bond acceptors (Lipinski definition) is 6. The minimum Gasteiger partial charge on any atom is -0.394 e. The Morgan fingerprint density at radius 3 is 2.76 bits per heavy atom. The van der Waals surface area contributed by atoms with E-state index in [1.165, 1.54) is 11.1 Å². The molecule has 25 heavy (non-hydrogen) atoms. The highest BCUT2D eigenvalue weighted by Crippen LogP contribution is 2.28. The Kier molecular flexibility index (Phi) is 4.92. The standard InChI is InChI=1S/C19H26N4O2/c1-13(11-24)22-17-9-18(21-12-20-17)23-7-6-14-8-16(19(2,3)25)5-4-15(14)10-23/h4-5,8-9,12-13,24-25H,6-7,10-11H2,1-3H3,(H,20,21,22)/t13-/m1/s1. The summed E-state index contributed by atoms with van der Waals surface area (Å²) in [6, 6.07) is 8.08. The number of rotatable bonds is 5. The van der Waals surface area contributed by atoms with E-state index in [4.69, 9.17) is 5.11 Å². The van der Waals surface area contributed by atoms with E-state index in [0.717, 1.165) is 36.7 Å².